The van der Waals surface area contributed by atoms with E-state index in [0.717, 1.165) is 5.56 Å². The molecule has 0 aliphatic rings. The van der Waals surface area contributed by atoms with Crippen LogP contribution in [-0.4, -0.2) is 0 Å². The third kappa shape index (κ3) is 3.36. The van der Waals surface area contributed by atoms with Gasteiger partial charge in [0.15, 0.2) is 0 Å². The van der Waals surface area contributed by atoms with Gasteiger partial charge in [-0.25, -0.2) is 0 Å². The van der Waals surface area contributed by atoms with Crippen molar-refractivity contribution < 1.29 is 8.78 Å². The van der Waals surface area contributed by atoms with Gasteiger partial charge < -0.3 is 0 Å². The van der Waals surface area contributed by atoms with Gasteiger partial charge in [0.2, 0.25) is 0 Å². The fraction of sp³-hybridized carbons (Fsp3) is 0.273. The third-order valence-electron chi connectivity index (χ3n) is 1.95. The minimum absolute atomic E-state index is 0.184. The first-order chi connectivity index (χ1) is 6.20. The highest BCUT2D eigenvalue weighted by molar-refractivity contribution is 5.16. The molecule has 2 heteroatoms. The van der Waals surface area contributed by atoms with Crippen LogP contribution in [0.4, 0.5) is 8.78 Å². The lowest BCUT2D eigenvalue weighted by Crippen LogP contribution is -1.86. The van der Waals surface area contributed by atoms with E-state index in [1.807, 2.05) is 30.3 Å². The Hall–Kier alpha value is -1.18. The number of hydrogen-bond acceptors (Lipinski definition) is 0. The van der Waals surface area contributed by atoms with Crippen molar-refractivity contribution in [3.05, 3.63) is 47.5 Å². The van der Waals surface area contributed by atoms with E-state index in [2.05, 4.69) is 0 Å². The number of rotatable bonds is 3. The molecule has 0 unspecified atom stereocenters. The summed E-state index contributed by atoms with van der Waals surface area (Å²) < 4.78 is 24.0. The molecule has 0 aliphatic heterocycles. The predicted octanol–water partition coefficient (Wildman–Crippen LogP) is 3.79. The normalized spacial score (nSPS) is 9.77. The first-order valence-electron chi connectivity index (χ1n) is 4.25. The van der Waals surface area contributed by atoms with Crippen molar-refractivity contribution in [2.24, 2.45) is 0 Å². The molecule has 0 fully saturated rings. The van der Waals surface area contributed by atoms with Gasteiger partial charge in [-0.1, -0.05) is 30.3 Å². The van der Waals surface area contributed by atoms with Crippen LogP contribution in [0.5, 0.6) is 0 Å². The topological polar surface area (TPSA) is 0 Å². The Bertz CT molecular complexity index is 284. The van der Waals surface area contributed by atoms with Crippen LogP contribution in [0.1, 0.15) is 18.9 Å². The van der Waals surface area contributed by atoms with Crippen LogP contribution >= 0.6 is 0 Å². The van der Waals surface area contributed by atoms with E-state index < -0.39 is 6.08 Å². The molecule has 13 heavy (non-hydrogen) atoms. The largest absolute Gasteiger partial charge is 0.269 e. The Balaban J connectivity index is 2.49. The molecule has 70 valence electrons. The average molecular weight is 182 g/mol. The SMILES string of the molecule is CC(CCc1ccccc1)=C(F)F. The molecular weight excluding hydrogens is 170 g/mol. The lowest BCUT2D eigenvalue weighted by atomic mass is 10.1. The van der Waals surface area contributed by atoms with Crippen molar-refractivity contribution in [3.63, 3.8) is 0 Å². The number of benzene rings is 1. The molecule has 0 aromatic heterocycles. The minimum Gasteiger partial charge on any atom is -0.173 e. The van der Waals surface area contributed by atoms with Crippen molar-refractivity contribution in [1.82, 2.24) is 0 Å². The Morgan fingerprint density at radius 3 is 2.31 bits per heavy atom. The number of halogens is 2. The number of hydrogen-bond donors (Lipinski definition) is 0. The summed E-state index contributed by atoms with van der Waals surface area (Å²) in [5.41, 5.74) is 1.28. The van der Waals surface area contributed by atoms with E-state index in [1.54, 1.807) is 0 Å². The smallest absolute Gasteiger partial charge is 0.173 e. The van der Waals surface area contributed by atoms with Crippen LogP contribution < -0.4 is 0 Å². The minimum atomic E-state index is -1.55. The molecule has 0 N–H and O–H groups in total. The lowest BCUT2D eigenvalue weighted by molar-refractivity contribution is 0.408. The molecule has 0 saturated heterocycles. The fourth-order valence-corrected chi connectivity index (χ4v) is 1.07. The maximum absolute atomic E-state index is 12.0. The van der Waals surface area contributed by atoms with Crippen LogP contribution in [0, 0.1) is 0 Å². The Kier molecular flexibility index (Phi) is 3.62. The van der Waals surface area contributed by atoms with Gasteiger partial charge in [0.1, 0.15) is 0 Å². The Labute approximate surface area is 76.9 Å². The summed E-state index contributed by atoms with van der Waals surface area (Å²) in [6.45, 7) is 1.47. The molecule has 0 bridgehead atoms. The molecule has 1 aromatic rings. The van der Waals surface area contributed by atoms with Gasteiger partial charge in [0.25, 0.3) is 6.08 Å². The van der Waals surface area contributed by atoms with Crippen LogP contribution in [0.2, 0.25) is 0 Å². The van der Waals surface area contributed by atoms with E-state index in [4.69, 9.17) is 0 Å². The summed E-state index contributed by atoms with van der Waals surface area (Å²) >= 11 is 0. The van der Waals surface area contributed by atoms with E-state index >= 15 is 0 Å². The quantitative estimate of drug-likeness (QED) is 0.667. The van der Waals surface area contributed by atoms with Crippen LogP contribution in [0.3, 0.4) is 0 Å². The summed E-state index contributed by atoms with van der Waals surface area (Å²) in [6.07, 6.45) is -0.424. The Morgan fingerprint density at radius 2 is 1.77 bits per heavy atom. The predicted molar refractivity (Wildman–Crippen MR) is 49.7 cm³/mol. The summed E-state index contributed by atoms with van der Waals surface area (Å²) in [6, 6.07) is 9.65. The first kappa shape index (κ1) is 9.90. The van der Waals surface area contributed by atoms with E-state index in [1.165, 1.54) is 6.92 Å². The fourth-order valence-electron chi connectivity index (χ4n) is 1.07. The second-order valence-electron chi connectivity index (χ2n) is 3.03. The molecule has 0 heterocycles. The van der Waals surface area contributed by atoms with Crippen molar-refractivity contribution in [2.75, 3.05) is 0 Å². The average Bonchev–Trinajstić information content (AvgIpc) is 2.15. The molecule has 0 amide bonds. The van der Waals surface area contributed by atoms with E-state index in [9.17, 15) is 8.78 Å². The molecule has 0 spiro atoms. The van der Waals surface area contributed by atoms with Gasteiger partial charge in [0.05, 0.1) is 0 Å². The van der Waals surface area contributed by atoms with Gasteiger partial charge in [-0.3, -0.25) is 0 Å². The van der Waals surface area contributed by atoms with Crippen molar-refractivity contribution >= 4 is 0 Å². The van der Waals surface area contributed by atoms with Gasteiger partial charge >= 0.3 is 0 Å². The molecule has 0 atom stereocenters. The van der Waals surface area contributed by atoms with Crippen molar-refractivity contribution in [1.29, 1.82) is 0 Å². The van der Waals surface area contributed by atoms with Crippen molar-refractivity contribution in [2.45, 2.75) is 19.8 Å². The van der Waals surface area contributed by atoms with Gasteiger partial charge in [-0.05, 0) is 30.9 Å². The second kappa shape index (κ2) is 4.75. The van der Waals surface area contributed by atoms with Crippen molar-refractivity contribution in [3.8, 4) is 0 Å². The molecule has 0 saturated carbocycles. The summed E-state index contributed by atoms with van der Waals surface area (Å²) in [4.78, 5) is 0. The standard InChI is InChI=1S/C11H12F2/c1-9(11(12)13)7-8-10-5-3-2-4-6-10/h2-6H,7-8H2,1H3. The van der Waals surface area contributed by atoms with Crippen LogP contribution in [0.15, 0.2) is 42.0 Å². The van der Waals surface area contributed by atoms with Gasteiger partial charge in [0, 0.05) is 0 Å². The number of allylic oxidation sites excluding steroid dienone is 1. The maximum Gasteiger partial charge on any atom is 0.269 e. The molecule has 0 nitrogen and oxygen atoms in total. The zero-order chi connectivity index (χ0) is 9.68. The summed E-state index contributed by atoms with van der Waals surface area (Å²) in [5, 5.41) is 0. The van der Waals surface area contributed by atoms with E-state index in [0.29, 0.717) is 12.8 Å². The monoisotopic (exact) mass is 182 g/mol. The number of aryl methyl sites for hydroxylation is 1. The first-order valence-corrected chi connectivity index (χ1v) is 4.25. The molecule has 0 radical (unpaired) electrons. The van der Waals surface area contributed by atoms with Gasteiger partial charge in [-0.15, -0.1) is 0 Å². The summed E-state index contributed by atoms with van der Waals surface area (Å²) in [7, 11) is 0. The van der Waals surface area contributed by atoms with E-state index in [-0.39, 0.29) is 5.57 Å². The van der Waals surface area contributed by atoms with Crippen LogP contribution in [0.25, 0.3) is 0 Å². The second-order valence-corrected chi connectivity index (χ2v) is 3.03. The highest BCUT2D eigenvalue weighted by Gasteiger charge is 1.99. The molecule has 1 rings (SSSR count). The third-order valence-corrected chi connectivity index (χ3v) is 1.95. The van der Waals surface area contributed by atoms with Crippen LogP contribution in [-0.2, 0) is 6.42 Å². The molecular formula is C11H12F2. The molecule has 1 aromatic carbocycles. The molecule has 0 aliphatic carbocycles. The zero-order valence-corrected chi connectivity index (χ0v) is 7.56. The lowest BCUT2D eigenvalue weighted by Gasteiger charge is -2.00. The van der Waals surface area contributed by atoms with Gasteiger partial charge in [-0.2, -0.15) is 8.78 Å². The zero-order valence-electron chi connectivity index (χ0n) is 7.56. The maximum atomic E-state index is 12.0. The summed E-state index contributed by atoms with van der Waals surface area (Å²) in [5.74, 6) is 0. The Morgan fingerprint density at radius 1 is 1.15 bits per heavy atom. The highest BCUT2D eigenvalue weighted by Crippen LogP contribution is 2.14. The highest BCUT2D eigenvalue weighted by atomic mass is 19.3.